The first-order valence-electron chi connectivity index (χ1n) is 7.13. The number of aryl methyl sites for hydroxylation is 1. The van der Waals surface area contributed by atoms with Crippen molar-refractivity contribution < 1.29 is 9.59 Å². The minimum absolute atomic E-state index is 0.311. The number of hydrogen-bond acceptors (Lipinski definition) is 1. The summed E-state index contributed by atoms with van der Waals surface area (Å²) < 4.78 is 1.02. The number of aromatic hydroxyl groups is 1. The van der Waals surface area contributed by atoms with E-state index in [2.05, 4.69) is 45.4 Å². The zero-order valence-electron chi connectivity index (χ0n) is 12.6. The quantitative estimate of drug-likeness (QED) is 0.821. The van der Waals surface area contributed by atoms with E-state index < -0.39 is 0 Å². The predicted molar refractivity (Wildman–Crippen MR) is 84.8 cm³/mol. The molecular weight excluding hydrogens is 246 g/mol. The van der Waals surface area contributed by atoms with E-state index in [-0.39, 0.29) is 0 Å². The number of benzene rings is 2. The molecule has 0 fully saturated rings. The maximum atomic E-state index is 9.31. The van der Waals surface area contributed by atoms with Crippen LogP contribution < -0.4 is 0 Å². The molecule has 2 nitrogen and oxygen atoms in total. The van der Waals surface area contributed by atoms with Gasteiger partial charge in [-0.25, -0.2) is 0 Å². The third-order valence-electron chi connectivity index (χ3n) is 3.45. The van der Waals surface area contributed by atoms with E-state index >= 15 is 0 Å². The molecular formula is C18H24NO+. The van der Waals surface area contributed by atoms with Gasteiger partial charge in [-0.05, 0) is 35.2 Å². The average molecular weight is 270 g/mol. The number of quaternary nitrogens is 1. The summed E-state index contributed by atoms with van der Waals surface area (Å²) in [7, 11) is 6.69. The molecule has 0 heterocycles. The van der Waals surface area contributed by atoms with Crippen LogP contribution in [0.5, 0.6) is 5.75 Å². The fourth-order valence-electron chi connectivity index (χ4n) is 2.28. The van der Waals surface area contributed by atoms with Crippen molar-refractivity contribution in [3.05, 3.63) is 54.1 Å². The van der Waals surface area contributed by atoms with Gasteiger partial charge in [-0.3, -0.25) is 0 Å². The highest BCUT2D eigenvalue weighted by Gasteiger charge is 2.06. The lowest BCUT2D eigenvalue weighted by Gasteiger charge is -2.23. The second kappa shape index (κ2) is 6.10. The van der Waals surface area contributed by atoms with Crippen LogP contribution in [0.25, 0.3) is 11.1 Å². The second-order valence-corrected chi connectivity index (χ2v) is 6.36. The van der Waals surface area contributed by atoms with Crippen LogP contribution in [0.2, 0.25) is 0 Å². The maximum absolute atomic E-state index is 9.31. The van der Waals surface area contributed by atoms with Crippen molar-refractivity contribution in [2.75, 3.05) is 27.7 Å². The third kappa shape index (κ3) is 4.39. The first-order chi connectivity index (χ1) is 9.44. The molecule has 1 N–H and O–H groups in total. The van der Waals surface area contributed by atoms with Gasteiger partial charge in [0.05, 0.1) is 27.7 Å². The first kappa shape index (κ1) is 14.6. The van der Waals surface area contributed by atoms with Crippen molar-refractivity contribution >= 4 is 0 Å². The molecule has 0 amide bonds. The van der Waals surface area contributed by atoms with Crippen molar-refractivity contribution in [3.8, 4) is 16.9 Å². The molecule has 0 radical (unpaired) electrons. The van der Waals surface area contributed by atoms with Crippen LogP contribution in [0, 0.1) is 0 Å². The Kier molecular flexibility index (Phi) is 4.46. The Morgan fingerprint density at radius 1 is 0.800 bits per heavy atom. The molecule has 0 aromatic heterocycles. The highest BCUT2D eigenvalue weighted by molar-refractivity contribution is 5.64. The van der Waals surface area contributed by atoms with Crippen molar-refractivity contribution in [2.45, 2.75) is 12.8 Å². The van der Waals surface area contributed by atoms with Crippen LogP contribution in [-0.4, -0.2) is 37.3 Å². The van der Waals surface area contributed by atoms with E-state index in [0.717, 1.165) is 16.5 Å². The Morgan fingerprint density at radius 3 is 1.80 bits per heavy atom. The highest BCUT2D eigenvalue weighted by atomic mass is 16.3. The van der Waals surface area contributed by atoms with E-state index in [0.29, 0.717) is 5.75 Å². The second-order valence-electron chi connectivity index (χ2n) is 6.36. The molecule has 2 heteroatoms. The Labute approximate surface area is 121 Å². The van der Waals surface area contributed by atoms with Crippen LogP contribution in [0.3, 0.4) is 0 Å². The fraction of sp³-hybridized carbons (Fsp3) is 0.333. The lowest BCUT2D eigenvalue weighted by Crippen LogP contribution is -2.35. The van der Waals surface area contributed by atoms with Crippen molar-refractivity contribution in [3.63, 3.8) is 0 Å². The van der Waals surface area contributed by atoms with Gasteiger partial charge in [0.1, 0.15) is 5.75 Å². The molecule has 0 spiro atoms. The number of phenolic OH excluding ortho intramolecular Hbond substituents is 1. The minimum atomic E-state index is 0.311. The number of hydrogen-bond donors (Lipinski definition) is 1. The highest BCUT2D eigenvalue weighted by Crippen LogP contribution is 2.22. The topological polar surface area (TPSA) is 20.2 Å². The molecule has 0 saturated carbocycles. The molecule has 0 bridgehead atoms. The van der Waals surface area contributed by atoms with Crippen LogP contribution in [0.1, 0.15) is 12.0 Å². The molecule has 2 rings (SSSR count). The monoisotopic (exact) mass is 270 g/mol. The summed E-state index contributed by atoms with van der Waals surface area (Å²) in [6.45, 7) is 1.19. The number of phenols is 1. The molecule has 0 aliphatic rings. The van der Waals surface area contributed by atoms with Gasteiger partial charge < -0.3 is 9.59 Å². The average Bonchev–Trinajstić information content (AvgIpc) is 2.39. The lowest BCUT2D eigenvalue weighted by atomic mass is 10.0. The van der Waals surface area contributed by atoms with Gasteiger partial charge in [-0.1, -0.05) is 36.4 Å². The zero-order chi connectivity index (χ0) is 14.6. The van der Waals surface area contributed by atoms with E-state index in [1.54, 1.807) is 12.1 Å². The molecule has 106 valence electrons. The van der Waals surface area contributed by atoms with Crippen molar-refractivity contribution in [2.24, 2.45) is 0 Å². The molecule has 20 heavy (non-hydrogen) atoms. The van der Waals surface area contributed by atoms with Gasteiger partial charge in [0.2, 0.25) is 0 Å². The fourth-order valence-corrected chi connectivity index (χ4v) is 2.28. The van der Waals surface area contributed by atoms with E-state index in [4.69, 9.17) is 0 Å². The first-order valence-corrected chi connectivity index (χ1v) is 7.13. The summed E-state index contributed by atoms with van der Waals surface area (Å²) in [5.74, 6) is 0.311. The maximum Gasteiger partial charge on any atom is 0.115 e. The summed E-state index contributed by atoms with van der Waals surface area (Å²) in [4.78, 5) is 0. The van der Waals surface area contributed by atoms with E-state index in [9.17, 15) is 5.11 Å². The summed E-state index contributed by atoms with van der Waals surface area (Å²) in [5.41, 5.74) is 3.72. The van der Waals surface area contributed by atoms with E-state index in [1.165, 1.54) is 24.1 Å². The SMILES string of the molecule is C[N+](C)(C)CCCc1ccc(-c2ccc(O)cc2)cc1. The molecule has 0 atom stereocenters. The van der Waals surface area contributed by atoms with Crippen LogP contribution in [0.4, 0.5) is 0 Å². The van der Waals surface area contributed by atoms with Gasteiger partial charge in [0, 0.05) is 6.42 Å². The van der Waals surface area contributed by atoms with Crippen LogP contribution in [0.15, 0.2) is 48.5 Å². The Balaban J connectivity index is 1.98. The van der Waals surface area contributed by atoms with Crippen molar-refractivity contribution in [1.29, 1.82) is 0 Å². The number of nitrogens with zero attached hydrogens (tertiary/aromatic N) is 1. The summed E-state index contributed by atoms with van der Waals surface area (Å²) in [5, 5.41) is 9.31. The van der Waals surface area contributed by atoms with Crippen molar-refractivity contribution in [1.82, 2.24) is 0 Å². The van der Waals surface area contributed by atoms with Crippen LogP contribution in [-0.2, 0) is 6.42 Å². The van der Waals surface area contributed by atoms with E-state index in [1.807, 2.05) is 12.1 Å². The zero-order valence-corrected chi connectivity index (χ0v) is 12.6. The molecule has 2 aromatic carbocycles. The molecule has 0 aliphatic carbocycles. The van der Waals surface area contributed by atoms with Gasteiger partial charge in [-0.2, -0.15) is 0 Å². The third-order valence-corrected chi connectivity index (χ3v) is 3.45. The minimum Gasteiger partial charge on any atom is -0.508 e. The van der Waals surface area contributed by atoms with Gasteiger partial charge in [0.15, 0.2) is 0 Å². The Hall–Kier alpha value is -1.80. The number of rotatable bonds is 5. The normalized spacial score (nSPS) is 11.6. The largest absolute Gasteiger partial charge is 0.508 e. The molecule has 0 unspecified atom stereocenters. The Bertz CT molecular complexity index is 535. The van der Waals surface area contributed by atoms with Gasteiger partial charge >= 0.3 is 0 Å². The summed E-state index contributed by atoms with van der Waals surface area (Å²) in [6, 6.07) is 16.1. The summed E-state index contributed by atoms with van der Waals surface area (Å²) >= 11 is 0. The standard InChI is InChI=1S/C18H23NO/c1-19(2,3)14-4-5-15-6-8-16(9-7-15)17-10-12-18(20)13-11-17/h6-13H,4-5,14H2,1-3H3/p+1. The van der Waals surface area contributed by atoms with Gasteiger partial charge in [-0.15, -0.1) is 0 Å². The van der Waals surface area contributed by atoms with Gasteiger partial charge in [0.25, 0.3) is 0 Å². The Morgan fingerprint density at radius 2 is 1.30 bits per heavy atom. The molecule has 0 saturated heterocycles. The smallest absolute Gasteiger partial charge is 0.115 e. The summed E-state index contributed by atoms with van der Waals surface area (Å²) in [6.07, 6.45) is 2.34. The lowest BCUT2D eigenvalue weighted by molar-refractivity contribution is -0.870. The molecule has 2 aromatic rings. The predicted octanol–water partition coefficient (Wildman–Crippen LogP) is 3.70. The molecule has 0 aliphatic heterocycles. The van der Waals surface area contributed by atoms with Crippen LogP contribution >= 0.6 is 0 Å².